The highest BCUT2D eigenvalue weighted by molar-refractivity contribution is 6.42. The molecule has 1 aliphatic rings. The van der Waals surface area contributed by atoms with Crippen LogP contribution in [0.3, 0.4) is 0 Å². The van der Waals surface area contributed by atoms with E-state index in [-0.39, 0.29) is 0 Å². The van der Waals surface area contributed by atoms with Crippen molar-refractivity contribution in [3.05, 3.63) is 33.8 Å². The van der Waals surface area contributed by atoms with Crippen LogP contribution in [-0.4, -0.2) is 6.54 Å². The molecule has 0 heterocycles. The molecule has 3 heteroatoms. The molecule has 1 saturated carbocycles. The molecule has 0 aromatic heterocycles. The highest BCUT2D eigenvalue weighted by atomic mass is 35.5. The van der Waals surface area contributed by atoms with Crippen molar-refractivity contribution >= 4 is 23.2 Å². The Bertz CT molecular complexity index is 345. The average Bonchev–Trinajstić information content (AvgIpc) is 2.93. The predicted octanol–water partition coefficient (Wildman–Crippen LogP) is 3.27. The molecule has 0 unspecified atom stereocenters. The summed E-state index contributed by atoms with van der Waals surface area (Å²) in [5.41, 5.74) is 7.32. The van der Waals surface area contributed by atoms with Crippen molar-refractivity contribution in [2.45, 2.75) is 19.3 Å². The third kappa shape index (κ3) is 2.05. The van der Waals surface area contributed by atoms with Crippen molar-refractivity contribution < 1.29 is 0 Å². The Balaban J connectivity index is 2.14. The number of benzene rings is 1. The molecule has 0 spiro atoms. The fraction of sp³-hybridized carbons (Fsp3) is 0.455. The van der Waals surface area contributed by atoms with Gasteiger partial charge in [-0.1, -0.05) is 29.3 Å². The first-order valence-corrected chi connectivity index (χ1v) is 5.55. The lowest BCUT2D eigenvalue weighted by atomic mass is 9.97. The Morgan fingerprint density at radius 3 is 2.43 bits per heavy atom. The van der Waals surface area contributed by atoms with Crippen LogP contribution in [0.2, 0.25) is 10.0 Å². The minimum absolute atomic E-state index is 0.358. The first kappa shape index (κ1) is 10.3. The van der Waals surface area contributed by atoms with E-state index in [1.165, 1.54) is 18.4 Å². The maximum Gasteiger partial charge on any atom is 0.0595 e. The van der Waals surface area contributed by atoms with Crippen LogP contribution < -0.4 is 5.73 Å². The van der Waals surface area contributed by atoms with Gasteiger partial charge in [-0.3, -0.25) is 0 Å². The molecule has 1 aliphatic carbocycles. The highest BCUT2D eigenvalue weighted by Gasteiger charge is 2.40. The minimum atomic E-state index is 0.358. The van der Waals surface area contributed by atoms with Gasteiger partial charge in [0.15, 0.2) is 0 Å². The third-order valence-corrected chi connectivity index (χ3v) is 3.69. The lowest BCUT2D eigenvalue weighted by Crippen LogP contribution is -2.17. The van der Waals surface area contributed by atoms with Crippen molar-refractivity contribution in [3.8, 4) is 0 Å². The topological polar surface area (TPSA) is 26.0 Å². The Kier molecular flexibility index (Phi) is 2.74. The molecule has 0 aliphatic heterocycles. The SMILES string of the molecule is NCC1(Cc2ccc(Cl)c(Cl)c2)CC1. The minimum Gasteiger partial charge on any atom is -0.330 e. The van der Waals surface area contributed by atoms with Gasteiger partial charge in [-0.25, -0.2) is 0 Å². The van der Waals surface area contributed by atoms with Gasteiger partial charge in [0.2, 0.25) is 0 Å². The van der Waals surface area contributed by atoms with Crippen LogP contribution >= 0.6 is 23.2 Å². The van der Waals surface area contributed by atoms with E-state index in [2.05, 4.69) is 0 Å². The van der Waals surface area contributed by atoms with Crippen LogP contribution in [0, 0.1) is 5.41 Å². The zero-order valence-electron chi connectivity index (χ0n) is 7.89. The van der Waals surface area contributed by atoms with Gasteiger partial charge in [0, 0.05) is 0 Å². The summed E-state index contributed by atoms with van der Waals surface area (Å²) in [6, 6.07) is 5.83. The first-order valence-electron chi connectivity index (χ1n) is 4.79. The summed E-state index contributed by atoms with van der Waals surface area (Å²) < 4.78 is 0. The van der Waals surface area contributed by atoms with E-state index in [1.807, 2.05) is 18.2 Å². The Morgan fingerprint density at radius 2 is 1.93 bits per heavy atom. The highest BCUT2D eigenvalue weighted by Crippen LogP contribution is 2.47. The van der Waals surface area contributed by atoms with Crippen molar-refractivity contribution in [1.82, 2.24) is 0 Å². The Hall–Kier alpha value is -0.240. The molecule has 76 valence electrons. The van der Waals surface area contributed by atoms with Crippen LogP contribution in [0.15, 0.2) is 18.2 Å². The molecule has 0 radical (unpaired) electrons. The number of hydrogen-bond acceptors (Lipinski definition) is 1. The molecule has 2 N–H and O–H groups in total. The summed E-state index contributed by atoms with van der Waals surface area (Å²) in [6.45, 7) is 0.771. The summed E-state index contributed by atoms with van der Waals surface area (Å²) in [4.78, 5) is 0. The third-order valence-electron chi connectivity index (χ3n) is 2.95. The molecule has 0 amide bonds. The lowest BCUT2D eigenvalue weighted by molar-refractivity contribution is 0.521. The number of rotatable bonds is 3. The van der Waals surface area contributed by atoms with Gasteiger partial charge in [0.25, 0.3) is 0 Å². The number of hydrogen-bond donors (Lipinski definition) is 1. The van der Waals surface area contributed by atoms with Crippen LogP contribution in [0.5, 0.6) is 0 Å². The second-order valence-electron chi connectivity index (χ2n) is 4.13. The molecular formula is C11H13Cl2N. The van der Waals surface area contributed by atoms with Crippen LogP contribution in [0.4, 0.5) is 0 Å². The fourth-order valence-electron chi connectivity index (χ4n) is 1.71. The van der Waals surface area contributed by atoms with Gasteiger partial charge in [0.05, 0.1) is 10.0 Å². The van der Waals surface area contributed by atoms with Crippen molar-refractivity contribution in [2.75, 3.05) is 6.54 Å². The summed E-state index contributed by atoms with van der Waals surface area (Å²) in [6.07, 6.45) is 3.51. The quantitative estimate of drug-likeness (QED) is 0.847. The predicted molar refractivity (Wildman–Crippen MR) is 60.9 cm³/mol. The van der Waals surface area contributed by atoms with Gasteiger partial charge in [-0.15, -0.1) is 0 Å². The second kappa shape index (κ2) is 3.73. The molecule has 0 atom stereocenters. The maximum absolute atomic E-state index is 5.94. The van der Waals surface area contributed by atoms with E-state index >= 15 is 0 Å². The van der Waals surface area contributed by atoms with Crippen molar-refractivity contribution in [1.29, 1.82) is 0 Å². The molecule has 2 rings (SSSR count). The second-order valence-corrected chi connectivity index (χ2v) is 4.94. The Morgan fingerprint density at radius 1 is 1.21 bits per heavy atom. The first-order chi connectivity index (χ1) is 6.65. The molecule has 1 nitrogen and oxygen atoms in total. The van der Waals surface area contributed by atoms with Crippen molar-refractivity contribution in [3.63, 3.8) is 0 Å². The molecule has 1 aromatic carbocycles. The van der Waals surface area contributed by atoms with Gasteiger partial charge in [-0.05, 0) is 48.9 Å². The summed E-state index contributed by atoms with van der Waals surface area (Å²) >= 11 is 11.8. The Labute approximate surface area is 94.2 Å². The summed E-state index contributed by atoms with van der Waals surface area (Å²) in [7, 11) is 0. The van der Waals surface area contributed by atoms with E-state index in [0.717, 1.165) is 13.0 Å². The normalized spacial score (nSPS) is 18.2. The fourth-order valence-corrected chi connectivity index (χ4v) is 2.03. The molecule has 14 heavy (non-hydrogen) atoms. The van der Waals surface area contributed by atoms with Gasteiger partial charge >= 0.3 is 0 Å². The van der Waals surface area contributed by atoms with E-state index in [4.69, 9.17) is 28.9 Å². The lowest BCUT2D eigenvalue weighted by Gasteiger charge is -2.12. The van der Waals surface area contributed by atoms with Crippen LogP contribution in [0.25, 0.3) is 0 Å². The van der Waals surface area contributed by atoms with Crippen LogP contribution in [-0.2, 0) is 6.42 Å². The summed E-state index contributed by atoms with van der Waals surface area (Å²) in [5.74, 6) is 0. The zero-order valence-corrected chi connectivity index (χ0v) is 9.41. The van der Waals surface area contributed by atoms with E-state index < -0.39 is 0 Å². The van der Waals surface area contributed by atoms with E-state index in [1.54, 1.807) is 0 Å². The molecular weight excluding hydrogens is 217 g/mol. The number of nitrogens with two attached hydrogens (primary N) is 1. The molecule has 1 fully saturated rings. The van der Waals surface area contributed by atoms with E-state index in [0.29, 0.717) is 15.5 Å². The largest absolute Gasteiger partial charge is 0.330 e. The molecule has 0 bridgehead atoms. The monoisotopic (exact) mass is 229 g/mol. The standard InChI is InChI=1S/C11H13Cl2N/c12-9-2-1-8(5-10(9)13)6-11(7-14)3-4-11/h1-2,5H,3-4,6-7,14H2. The van der Waals surface area contributed by atoms with Gasteiger partial charge in [0.1, 0.15) is 0 Å². The van der Waals surface area contributed by atoms with Crippen molar-refractivity contribution in [2.24, 2.45) is 11.1 Å². The molecule has 1 aromatic rings. The van der Waals surface area contributed by atoms with Gasteiger partial charge in [-0.2, -0.15) is 0 Å². The van der Waals surface area contributed by atoms with E-state index in [9.17, 15) is 0 Å². The average molecular weight is 230 g/mol. The van der Waals surface area contributed by atoms with Crippen LogP contribution in [0.1, 0.15) is 18.4 Å². The zero-order chi connectivity index (χ0) is 10.2. The number of halogens is 2. The molecule has 0 saturated heterocycles. The maximum atomic E-state index is 5.94. The summed E-state index contributed by atoms with van der Waals surface area (Å²) in [5, 5.41) is 1.25. The van der Waals surface area contributed by atoms with Gasteiger partial charge < -0.3 is 5.73 Å². The smallest absolute Gasteiger partial charge is 0.0595 e.